The Labute approximate surface area is 115 Å². The minimum atomic E-state index is 0.237. The lowest BCUT2D eigenvalue weighted by Gasteiger charge is -2.36. The average molecular weight is 263 g/mol. The summed E-state index contributed by atoms with van der Waals surface area (Å²) in [4.78, 5) is 7.01. The van der Waals surface area contributed by atoms with Crippen molar-refractivity contribution in [3.63, 3.8) is 0 Å². The van der Waals surface area contributed by atoms with Gasteiger partial charge < -0.3 is 10.6 Å². The standard InChI is InChI=1S/C14H25N5/c1-9-5-3-6-11(9)13-16-14(18-17-13)19-8-4-7-12(15)10(19)2/h9-12H,3-8,15H2,1-2H3,(H,16,17,18). The van der Waals surface area contributed by atoms with E-state index in [4.69, 9.17) is 10.7 Å². The van der Waals surface area contributed by atoms with Gasteiger partial charge in [-0.25, -0.2) is 0 Å². The molecule has 5 heteroatoms. The molecule has 0 amide bonds. The molecule has 0 radical (unpaired) electrons. The van der Waals surface area contributed by atoms with Crippen LogP contribution in [0, 0.1) is 5.92 Å². The summed E-state index contributed by atoms with van der Waals surface area (Å²) in [5.41, 5.74) is 6.15. The quantitative estimate of drug-likeness (QED) is 0.856. The molecule has 1 saturated carbocycles. The number of nitrogens with one attached hydrogen (secondary N) is 1. The number of H-pyrrole nitrogens is 1. The molecule has 2 fully saturated rings. The molecule has 4 unspecified atom stereocenters. The van der Waals surface area contributed by atoms with E-state index in [9.17, 15) is 0 Å². The van der Waals surface area contributed by atoms with Crippen molar-refractivity contribution in [3.05, 3.63) is 5.82 Å². The molecule has 3 rings (SSSR count). The second kappa shape index (κ2) is 5.12. The highest BCUT2D eigenvalue weighted by Crippen LogP contribution is 2.38. The van der Waals surface area contributed by atoms with Crippen molar-refractivity contribution in [1.29, 1.82) is 0 Å². The van der Waals surface area contributed by atoms with Crippen LogP contribution in [0.25, 0.3) is 0 Å². The maximum absolute atomic E-state index is 6.15. The van der Waals surface area contributed by atoms with Crippen molar-refractivity contribution < 1.29 is 0 Å². The van der Waals surface area contributed by atoms with Crippen molar-refractivity contribution in [2.45, 2.75) is 64.0 Å². The summed E-state index contributed by atoms with van der Waals surface area (Å²) in [7, 11) is 0. The van der Waals surface area contributed by atoms with E-state index in [0.717, 1.165) is 37.1 Å². The Morgan fingerprint density at radius 2 is 2.05 bits per heavy atom. The minimum absolute atomic E-state index is 0.237. The van der Waals surface area contributed by atoms with Crippen molar-refractivity contribution in [2.75, 3.05) is 11.4 Å². The van der Waals surface area contributed by atoms with E-state index in [-0.39, 0.29) is 6.04 Å². The largest absolute Gasteiger partial charge is 0.335 e. The van der Waals surface area contributed by atoms with Crippen molar-refractivity contribution in [1.82, 2.24) is 15.2 Å². The number of rotatable bonds is 2. The normalized spacial score (nSPS) is 35.8. The van der Waals surface area contributed by atoms with Gasteiger partial charge in [-0.1, -0.05) is 13.3 Å². The Morgan fingerprint density at radius 1 is 1.21 bits per heavy atom. The van der Waals surface area contributed by atoms with Gasteiger partial charge in [0.25, 0.3) is 0 Å². The fourth-order valence-electron chi connectivity index (χ4n) is 3.57. The Balaban J connectivity index is 1.77. The van der Waals surface area contributed by atoms with Crippen LogP contribution in [0.1, 0.15) is 57.7 Å². The molecule has 1 saturated heterocycles. The Kier molecular flexibility index (Phi) is 3.48. The van der Waals surface area contributed by atoms with E-state index >= 15 is 0 Å². The van der Waals surface area contributed by atoms with Gasteiger partial charge in [0.2, 0.25) is 5.95 Å². The monoisotopic (exact) mass is 263 g/mol. The summed E-state index contributed by atoms with van der Waals surface area (Å²) >= 11 is 0. The zero-order valence-electron chi connectivity index (χ0n) is 12.0. The molecule has 0 spiro atoms. The molecule has 0 aromatic carbocycles. The zero-order chi connectivity index (χ0) is 13.4. The molecule has 1 aliphatic heterocycles. The summed E-state index contributed by atoms with van der Waals surface area (Å²) in [6, 6.07) is 0.569. The summed E-state index contributed by atoms with van der Waals surface area (Å²) < 4.78 is 0. The van der Waals surface area contributed by atoms with Crippen LogP contribution in [0.3, 0.4) is 0 Å². The van der Waals surface area contributed by atoms with Crippen LogP contribution >= 0.6 is 0 Å². The lowest BCUT2D eigenvalue weighted by Crippen LogP contribution is -2.51. The van der Waals surface area contributed by atoms with Gasteiger partial charge in [0, 0.05) is 24.5 Å². The van der Waals surface area contributed by atoms with E-state index in [1.165, 1.54) is 19.3 Å². The third kappa shape index (κ3) is 2.36. The summed E-state index contributed by atoms with van der Waals surface area (Å²) in [5, 5.41) is 7.61. The minimum Gasteiger partial charge on any atom is -0.335 e. The molecular weight excluding hydrogens is 238 g/mol. The highest BCUT2D eigenvalue weighted by molar-refractivity contribution is 5.33. The zero-order valence-corrected chi connectivity index (χ0v) is 12.0. The van der Waals surface area contributed by atoms with Gasteiger partial charge in [-0.2, -0.15) is 4.98 Å². The van der Waals surface area contributed by atoms with Crippen LogP contribution in [0.15, 0.2) is 0 Å². The molecule has 3 N–H and O–H groups in total. The first-order valence-corrected chi connectivity index (χ1v) is 7.61. The van der Waals surface area contributed by atoms with E-state index in [1.807, 2.05) is 0 Å². The van der Waals surface area contributed by atoms with E-state index in [1.54, 1.807) is 0 Å². The van der Waals surface area contributed by atoms with Crippen molar-refractivity contribution >= 4 is 5.95 Å². The van der Waals surface area contributed by atoms with Gasteiger partial charge in [-0.3, -0.25) is 5.10 Å². The smallest absolute Gasteiger partial charge is 0.245 e. The molecular formula is C14H25N5. The Hall–Kier alpha value is -1.10. The number of nitrogens with zero attached hydrogens (tertiary/aromatic N) is 3. The SMILES string of the molecule is CC1CCCC1c1nc(N2CCCC(N)C2C)n[nH]1. The third-order valence-corrected chi connectivity index (χ3v) is 5.01. The van der Waals surface area contributed by atoms with E-state index in [0.29, 0.717) is 12.0 Å². The molecule has 2 heterocycles. The second-order valence-electron chi connectivity index (χ2n) is 6.28. The summed E-state index contributed by atoms with van der Waals surface area (Å²) in [6.07, 6.45) is 6.10. The van der Waals surface area contributed by atoms with Gasteiger partial charge >= 0.3 is 0 Å². The average Bonchev–Trinajstić information content (AvgIpc) is 3.01. The molecule has 1 aromatic heterocycles. The molecule has 2 aliphatic rings. The van der Waals surface area contributed by atoms with Crippen molar-refractivity contribution in [3.8, 4) is 0 Å². The Morgan fingerprint density at radius 3 is 2.79 bits per heavy atom. The first-order chi connectivity index (χ1) is 9.16. The second-order valence-corrected chi connectivity index (χ2v) is 6.28. The van der Waals surface area contributed by atoms with Crippen LogP contribution in [-0.4, -0.2) is 33.8 Å². The van der Waals surface area contributed by atoms with Gasteiger partial charge in [-0.15, -0.1) is 5.10 Å². The third-order valence-electron chi connectivity index (χ3n) is 5.01. The lowest BCUT2D eigenvalue weighted by molar-refractivity contribution is 0.415. The number of anilines is 1. The van der Waals surface area contributed by atoms with E-state index < -0.39 is 0 Å². The number of aromatic amines is 1. The lowest BCUT2D eigenvalue weighted by atomic mass is 9.97. The summed E-state index contributed by atoms with van der Waals surface area (Å²) in [5.74, 6) is 3.21. The number of nitrogens with two attached hydrogens (primary N) is 1. The molecule has 5 nitrogen and oxygen atoms in total. The van der Waals surface area contributed by atoms with E-state index in [2.05, 4.69) is 28.9 Å². The molecule has 1 aromatic rings. The first-order valence-electron chi connectivity index (χ1n) is 7.61. The molecule has 0 bridgehead atoms. The first kappa shape index (κ1) is 12.9. The predicted molar refractivity (Wildman–Crippen MR) is 76.2 cm³/mol. The molecule has 106 valence electrons. The fourth-order valence-corrected chi connectivity index (χ4v) is 3.57. The summed E-state index contributed by atoms with van der Waals surface area (Å²) in [6.45, 7) is 5.52. The van der Waals surface area contributed by atoms with Gasteiger partial charge in [0.05, 0.1) is 0 Å². The molecule has 19 heavy (non-hydrogen) atoms. The maximum atomic E-state index is 6.15. The van der Waals surface area contributed by atoms with Gasteiger partial charge in [0.15, 0.2) is 0 Å². The number of aromatic nitrogens is 3. The maximum Gasteiger partial charge on any atom is 0.245 e. The highest BCUT2D eigenvalue weighted by atomic mass is 15.4. The van der Waals surface area contributed by atoms with Crippen LogP contribution < -0.4 is 10.6 Å². The molecule has 4 atom stereocenters. The van der Waals surface area contributed by atoms with Gasteiger partial charge in [0.1, 0.15) is 5.82 Å². The number of hydrogen-bond donors (Lipinski definition) is 2. The number of hydrogen-bond acceptors (Lipinski definition) is 4. The van der Waals surface area contributed by atoms with Crippen LogP contribution in [0.4, 0.5) is 5.95 Å². The topological polar surface area (TPSA) is 70.8 Å². The van der Waals surface area contributed by atoms with Crippen LogP contribution in [0.2, 0.25) is 0 Å². The molecule has 1 aliphatic carbocycles. The van der Waals surface area contributed by atoms with Gasteiger partial charge in [-0.05, 0) is 38.5 Å². The Bertz CT molecular complexity index is 429. The predicted octanol–water partition coefficient (Wildman–Crippen LogP) is 2.02. The van der Waals surface area contributed by atoms with Crippen molar-refractivity contribution in [2.24, 2.45) is 11.7 Å². The van der Waals surface area contributed by atoms with Crippen LogP contribution in [-0.2, 0) is 0 Å². The van der Waals surface area contributed by atoms with Crippen LogP contribution in [0.5, 0.6) is 0 Å². The highest BCUT2D eigenvalue weighted by Gasteiger charge is 2.31. The number of piperidine rings is 1. The fraction of sp³-hybridized carbons (Fsp3) is 0.857.